The fourth-order valence-corrected chi connectivity index (χ4v) is 5.11. The van der Waals surface area contributed by atoms with E-state index in [-0.39, 0.29) is 18.2 Å². The number of imide groups is 1. The smallest absolute Gasteiger partial charge is 0.324 e. The maximum atomic E-state index is 13.5. The van der Waals surface area contributed by atoms with Gasteiger partial charge in [-0.1, -0.05) is 19.9 Å². The van der Waals surface area contributed by atoms with Crippen molar-refractivity contribution in [3.63, 3.8) is 0 Å². The molecule has 8 heteroatoms. The number of carbonyl (C=O) groups is 3. The van der Waals surface area contributed by atoms with Gasteiger partial charge in [0.1, 0.15) is 5.54 Å². The molecule has 0 aliphatic carbocycles. The van der Waals surface area contributed by atoms with E-state index in [1.54, 1.807) is 39.0 Å². The first-order valence-electron chi connectivity index (χ1n) is 10.5. The third kappa shape index (κ3) is 3.56. The van der Waals surface area contributed by atoms with E-state index < -0.39 is 40.8 Å². The van der Waals surface area contributed by atoms with Crippen molar-refractivity contribution in [2.24, 2.45) is 17.8 Å². The average molecular weight is 433 g/mol. The van der Waals surface area contributed by atoms with Gasteiger partial charge in [-0.15, -0.1) is 0 Å². The summed E-state index contributed by atoms with van der Waals surface area (Å²) in [5.41, 5.74) is -1.61. The number of likely N-dealkylation sites (tertiary alicyclic amines) is 1. The summed E-state index contributed by atoms with van der Waals surface area (Å²) in [6.45, 7) is 9.18. The van der Waals surface area contributed by atoms with Crippen LogP contribution < -0.4 is 14.8 Å². The Morgan fingerprint density at radius 2 is 1.77 bits per heavy atom. The SMILES string of the molecule is COc1ccc(C2NC(CC(C)C)(C(=O)O)C3C(=O)N(C(C)(C)C)C(=O)C23)cc1OC. The number of rotatable bonds is 6. The zero-order valence-electron chi connectivity index (χ0n) is 19.2. The largest absolute Gasteiger partial charge is 0.493 e. The maximum Gasteiger partial charge on any atom is 0.324 e. The predicted octanol–water partition coefficient (Wildman–Crippen LogP) is 2.62. The first kappa shape index (κ1) is 23.1. The Morgan fingerprint density at radius 1 is 1.16 bits per heavy atom. The first-order valence-corrected chi connectivity index (χ1v) is 10.5. The van der Waals surface area contributed by atoms with Crippen molar-refractivity contribution in [1.82, 2.24) is 10.2 Å². The number of fused-ring (bicyclic) bond motifs is 1. The summed E-state index contributed by atoms with van der Waals surface area (Å²) in [6.07, 6.45) is 0.226. The molecule has 2 aliphatic rings. The van der Waals surface area contributed by atoms with Crippen LogP contribution in [0.3, 0.4) is 0 Å². The molecular weight excluding hydrogens is 400 g/mol. The highest BCUT2D eigenvalue weighted by molar-refractivity contribution is 6.10. The van der Waals surface area contributed by atoms with Crippen molar-refractivity contribution < 1.29 is 29.0 Å². The van der Waals surface area contributed by atoms with Gasteiger partial charge in [-0.3, -0.25) is 24.6 Å². The fraction of sp³-hybridized carbons (Fsp3) is 0.609. The Kier molecular flexibility index (Phi) is 5.82. The summed E-state index contributed by atoms with van der Waals surface area (Å²) in [4.78, 5) is 40.9. The quantitative estimate of drug-likeness (QED) is 0.666. The molecule has 2 saturated heterocycles. The van der Waals surface area contributed by atoms with E-state index in [0.717, 1.165) is 0 Å². The molecule has 0 radical (unpaired) electrons. The lowest BCUT2D eigenvalue weighted by atomic mass is 9.75. The van der Waals surface area contributed by atoms with Crippen LogP contribution in [-0.2, 0) is 14.4 Å². The summed E-state index contributed by atoms with van der Waals surface area (Å²) in [6, 6.07) is 4.58. The van der Waals surface area contributed by atoms with Gasteiger partial charge in [0.25, 0.3) is 0 Å². The van der Waals surface area contributed by atoms with Gasteiger partial charge in [0.2, 0.25) is 11.8 Å². The van der Waals surface area contributed by atoms with Crippen LogP contribution in [0.1, 0.15) is 52.6 Å². The van der Waals surface area contributed by atoms with Crippen molar-refractivity contribution >= 4 is 17.8 Å². The summed E-state index contributed by atoms with van der Waals surface area (Å²) in [7, 11) is 3.04. The zero-order valence-corrected chi connectivity index (χ0v) is 19.2. The zero-order chi connectivity index (χ0) is 23.3. The summed E-state index contributed by atoms with van der Waals surface area (Å²) >= 11 is 0. The first-order chi connectivity index (χ1) is 14.4. The van der Waals surface area contributed by atoms with Crippen LogP contribution in [0, 0.1) is 17.8 Å². The van der Waals surface area contributed by atoms with Gasteiger partial charge < -0.3 is 14.6 Å². The summed E-state index contributed by atoms with van der Waals surface area (Å²) in [5, 5.41) is 13.5. The van der Waals surface area contributed by atoms with E-state index in [2.05, 4.69) is 5.32 Å². The Morgan fingerprint density at radius 3 is 2.26 bits per heavy atom. The van der Waals surface area contributed by atoms with Crippen LogP contribution in [-0.4, -0.2) is 53.1 Å². The molecule has 4 atom stereocenters. The molecule has 2 aliphatic heterocycles. The van der Waals surface area contributed by atoms with E-state index in [4.69, 9.17) is 9.47 Å². The van der Waals surface area contributed by atoms with Crippen molar-refractivity contribution in [2.45, 2.75) is 58.2 Å². The molecule has 2 fully saturated rings. The second-order valence-electron chi connectivity index (χ2n) is 9.80. The Hall–Kier alpha value is -2.61. The molecule has 31 heavy (non-hydrogen) atoms. The van der Waals surface area contributed by atoms with Gasteiger partial charge in [-0.25, -0.2) is 0 Å². The highest BCUT2D eigenvalue weighted by Gasteiger charge is 2.69. The minimum atomic E-state index is -1.54. The molecule has 8 nitrogen and oxygen atoms in total. The minimum Gasteiger partial charge on any atom is -0.493 e. The van der Waals surface area contributed by atoms with Crippen LogP contribution in [0.2, 0.25) is 0 Å². The second kappa shape index (κ2) is 7.82. The molecule has 3 rings (SSSR count). The molecular formula is C23H32N2O6. The number of methoxy groups -OCH3 is 2. The lowest BCUT2D eigenvalue weighted by molar-refractivity contribution is -0.154. The molecule has 2 N–H and O–H groups in total. The highest BCUT2D eigenvalue weighted by Crippen LogP contribution is 2.52. The predicted molar refractivity (Wildman–Crippen MR) is 114 cm³/mol. The Balaban J connectivity index is 2.19. The lowest BCUT2D eigenvalue weighted by Gasteiger charge is -2.36. The van der Waals surface area contributed by atoms with Gasteiger partial charge in [0.15, 0.2) is 11.5 Å². The Bertz CT molecular complexity index is 906. The number of hydrogen-bond donors (Lipinski definition) is 2. The van der Waals surface area contributed by atoms with Gasteiger partial charge >= 0.3 is 5.97 Å². The van der Waals surface area contributed by atoms with Crippen LogP contribution >= 0.6 is 0 Å². The topological polar surface area (TPSA) is 105 Å². The summed E-state index contributed by atoms with van der Waals surface area (Å²) in [5.74, 6) is -2.70. The van der Waals surface area contributed by atoms with Crippen molar-refractivity contribution in [1.29, 1.82) is 0 Å². The molecule has 0 spiro atoms. The molecule has 0 aromatic heterocycles. The van der Waals surface area contributed by atoms with E-state index in [9.17, 15) is 19.5 Å². The number of hydrogen-bond acceptors (Lipinski definition) is 6. The highest BCUT2D eigenvalue weighted by atomic mass is 16.5. The number of aliphatic carboxylic acids is 1. The number of nitrogens with one attached hydrogen (secondary N) is 1. The van der Waals surface area contributed by atoms with Gasteiger partial charge in [-0.2, -0.15) is 0 Å². The van der Waals surface area contributed by atoms with Crippen LogP contribution in [0.15, 0.2) is 18.2 Å². The molecule has 1 aromatic carbocycles. The molecule has 1 aromatic rings. The number of benzene rings is 1. The molecule has 0 saturated carbocycles. The molecule has 4 unspecified atom stereocenters. The minimum absolute atomic E-state index is 0.00000715. The monoisotopic (exact) mass is 432 g/mol. The van der Waals surface area contributed by atoms with Gasteiger partial charge in [0, 0.05) is 11.6 Å². The molecule has 2 amide bonds. The lowest BCUT2D eigenvalue weighted by Crippen LogP contribution is -2.58. The average Bonchev–Trinajstić information content (AvgIpc) is 3.15. The number of carbonyl (C=O) groups excluding carboxylic acids is 2. The number of amides is 2. The van der Waals surface area contributed by atoms with Crippen molar-refractivity contribution in [2.75, 3.05) is 14.2 Å². The second-order valence-corrected chi connectivity index (χ2v) is 9.80. The van der Waals surface area contributed by atoms with E-state index in [1.165, 1.54) is 19.1 Å². The molecule has 0 bridgehead atoms. The standard InChI is InChI=1S/C23H32N2O6/c1-12(2)11-23(21(28)29)17-16(19(26)25(20(17)27)22(3,4)5)18(24-23)13-8-9-14(30-6)15(10-13)31-7/h8-10,12,16-18,24H,11H2,1-7H3,(H,28,29). The van der Waals surface area contributed by atoms with Crippen LogP contribution in [0.25, 0.3) is 0 Å². The van der Waals surface area contributed by atoms with Gasteiger partial charge in [-0.05, 0) is 50.8 Å². The van der Waals surface area contributed by atoms with Crippen LogP contribution in [0.4, 0.5) is 0 Å². The van der Waals surface area contributed by atoms with E-state index in [1.807, 2.05) is 13.8 Å². The normalized spacial score (nSPS) is 28.3. The summed E-state index contributed by atoms with van der Waals surface area (Å²) < 4.78 is 10.7. The number of carboxylic acid groups (broad SMARTS) is 1. The number of carboxylic acids is 1. The number of ether oxygens (including phenoxy) is 2. The van der Waals surface area contributed by atoms with Crippen molar-refractivity contribution in [3.05, 3.63) is 23.8 Å². The van der Waals surface area contributed by atoms with Crippen molar-refractivity contribution in [3.8, 4) is 11.5 Å². The molecule has 170 valence electrons. The number of nitrogens with zero attached hydrogens (tertiary/aromatic N) is 1. The van der Waals surface area contributed by atoms with Crippen LogP contribution in [0.5, 0.6) is 11.5 Å². The van der Waals surface area contributed by atoms with Gasteiger partial charge in [0.05, 0.1) is 26.1 Å². The molecule has 2 heterocycles. The third-order valence-electron chi connectivity index (χ3n) is 6.20. The van der Waals surface area contributed by atoms with E-state index in [0.29, 0.717) is 17.1 Å². The third-order valence-corrected chi connectivity index (χ3v) is 6.20. The fourth-order valence-electron chi connectivity index (χ4n) is 5.11. The van der Waals surface area contributed by atoms with E-state index >= 15 is 0 Å². The maximum absolute atomic E-state index is 13.5. The Labute approximate surface area is 182 Å².